The van der Waals surface area contributed by atoms with Gasteiger partial charge in [-0.2, -0.15) is 0 Å². The smallest absolute Gasteiger partial charge is 0.138 e. The Morgan fingerprint density at radius 1 is 0.963 bits per heavy atom. The number of ketones is 1. The number of carbonyl (C=O) groups is 1. The van der Waals surface area contributed by atoms with E-state index in [1.54, 1.807) is 0 Å². The Kier molecular flexibility index (Phi) is 4.16. The predicted molar refractivity (Wildman–Crippen MR) is 107 cm³/mol. The van der Waals surface area contributed by atoms with Crippen LogP contribution in [-0.2, 0) is 4.79 Å². The molecule has 136 valence electrons. The fraction of sp³-hybridized carbons (Fsp3) is 0.333. The van der Waals surface area contributed by atoms with Gasteiger partial charge in [0.2, 0.25) is 0 Å². The van der Waals surface area contributed by atoms with Gasteiger partial charge in [-0.25, -0.2) is 4.98 Å². The average Bonchev–Trinajstić information content (AvgIpc) is 3.32. The van der Waals surface area contributed by atoms with Gasteiger partial charge in [-0.1, -0.05) is 54.6 Å². The number of fused-ring (bicyclic) bond motifs is 3. The summed E-state index contributed by atoms with van der Waals surface area (Å²) in [5, 5.41) is 0. The van der Waals surface area contributed by atoms with Crippen LogP contribution in [0.25, 0.3) is 11.3 Å². The third kappa shape index (κ3) is 2.91. The molecule has 5 rings (SSSR count). The molecule has 1 fully saturated rings. The summed E-state index contributed by atoms with van der Waals surface area (Å²) in [5.41, 5.74) is 5.05. The van der Waals surface area contributed by atoms with Crippen molar-refractivity contribution in [2.45, 2.75) is 44.1 Å². The summed E-state index contributed by atoms with van der Waals surface area (Å²) in [7, 11) is 0. The number of hydrogen-bond acceptors (Lipinski definition) is 2. The van der Waals surface area contributed by atoms with E-state index in [4.69, 9.17) is 0 Å². The largest absolute Gasteiger partial charge is 0.323 e. The molecule has 1 unspecified atom stereocenters. The highest BCUT2D eigenvalue weighted by atomic mass is 16.1. The second-order valence-electron chi connectivity index (χ2n) is 7.92. The fourth-order valence-electron chi connectivity index (χ4n) is 4.97. The van der Waals surface area contributed by atoms with Gasteiger partial charge in [0.15, 0.2) is 0 Å². The van der Waals surface area contributed by atoms with Crippen LogP contribution in [-0.4, -0.2) is 15.3 Å². The van der Waals surface area contributed by atoms with Crippen molar-refractivity contribution in [1.29, 1.82) is 0 Å². The highest BCUT2D eigenvalue weighted by Gasteiger charge is 2.33. The molecule has 2 aliphatic rings. The molecule has 1 aliphatic heterocycles. The molecule has 3 heteroatoms. The van der Waals surface area contributed by atoms with Gasteiger partial charge in [-0.05, 0) is 42.7 Å². The first kappa shape index (κ1) is 16.5. The molecule has 0 amide bonds. The fourth-order valence-corrected chi connectivity index (χ4v) is 4.97. The van der Waals surface area contributed by atoms with E-state index >= 15 is 0 Å². The van der Waals surface area contributed by atoms with Crippen LogP contribution in [0.2, 0.25) is 0 Å². The van der Waals surface area contributed by atoms with Crippen LogP contribution >= 0.6 is 0 Å². The minimum absolute atomic E-state index is 0.109. The summed E-state index contributed by atoms with van der Waals surface area (Å²) in [6, 6.07) is 19.3. The maximum Gasteiger partial charge on any atom is 0.138 e. The first-order valence-electron chi connectivity index (χ1n) is 10.00. The van der Waals surface area contributed by atoms with Crippen LogP contribution in [0, 0.1) is 5.92 Å². The quantitative estimate of drug-likeness (QED) is 0.628. The first-order chi connectivity index (χ1) is 13.3. The van der Waals surface area contributed by atoms with Crippen molar-refractivity contribution in [3.05, 3.63) is 78.2 Å². The number of hydrogen-bond donors (Lipinski definition) is 0. The minimum Gasteiger partial charge on any atom is -0.323 e. The lowest BCUT2D eigenvalue weighted by Gasteiger charge is -2.29. The number of carbonyl (C=O) groups excluding carboxylic acids is 1. The van der Waals surface area contributed by atoms with E-state index < -0.39 is 0 Å². The summed E-state index contributed by atoms with van der Waals surface area (Å²) >= 11 is 0. The highest BCUT2D eigenvalue weighted by molar-refractivity contribution is 5.83. The SMILES string of the molecule is O=C(CC1c2ccccc2-c2cncn21)[C@H]1CC[C@@H](c2ccccc2)CC1. The molecule has 2 aromatic carbocycles. The summed E-state index contributed by atoms with van der Waals surface area (Å²) in [5.74, 6) is 1.25. The van der Waals surface area contributed by atoms with Gasteiger partial charge < -0.3 is 4.57 Å². The minimum atomic E-state index is 0.109. The summed E-state index contributed by atoms with van der Waals surface area (Å²) in [6.45, 7) is 0. The van der Waals surface area contributed by atoms with Gasteiger partial charge in [-0.3, -0.25) is 4.79 Å². The van der Waals surface area contributed by atoms with Gasteiger partial charge in [0, 0.05) is 17.9 Å². The number of nitrogens with zero attached hydrogens (tertiary/aromatic N) is 2. The van der Waals surface area contributed by atoms with Crippen molar-refractivity contribution in [2.24, 2.45) is 5.92 Å². The molecule has 27 heavy (non-hydrogen) atoms. The van der Waals surface area contributed by atoms with Crippen LogP contribution in [0.15, 0.2) is 67.1 Å². The van der Waals surface area contributed by atoms with E-state index in [1.165, 1.54) is 16.7 Å². The lowest BCUT2D eigenvalue weighted by Crippen LogP contribution is -2.23. The Morgan fingerprint density at radius 3 is 2.52 bits per heavy atom. The molecule has 0 radical (unpaired) electrons. The van der Waals surface area contributed by atoms with Crippen molar-refractivity contribution < 1.29 is 4.79 Å². The molecule has 0 N–H and O–H groups in total. The summed E-state index contributed by atoms with van der Waals surface area (Å²) in [4.78, 5) is 17.4. The predicted octanol–water partition coefficient (Wildman–Crippen LogP) is 5.39. The first-order valence-corrected chi connectivity index (χ1v) is 10.00. The molecule has 1 aliphatic carbocycles. The van der Waals surface area contributed by atoms with Gasteiger partial charge in [0.1, 0.15) is 5.78 Å². The second kappa shape index (κ2) is 6.80. The third-order valence-corrected chi connectivity index (χ3v) is 6.45. The third-order valence-electron chi connectivity index (χ3n) is 6.45. The zero-order valence-corrected chi connectivity index (χ0v) is 15.4. The van der Waals surface area contributed by atoms with Crippen LogP contribution in [0.5, 0.6) is 0 Å². The average molecular weight is 356 g/mol. The van der Waals surface area contributed by atoms with E-state index in [0.717, 1.165) is 31.4 Å². The zero-order valence-electron chi connectivity index (χ0n) is 15.4. The topological polar surface area (TPSA) is 34.9 Å². The molecule has 1 saturated carbocycles. The zero-order chi connectivity index (χ0) is 18.2. The lowest BCUT2D eigenvalue weighted by molar-refractivity contribution is -0.124. The van der Waals surface area contributed by atoms with E-state index in [1.807, 2.05) is 12.5 Å². The van der Waals surface area contributed by atoms with Gasteiger partial charge in [-0.15, -0.1) is 0 Å². The van der Waals surface area contributed by atoms with Crippen LogP contribution in [0.3, 0.4) is 0 Å². The molecular formula is C24H24N2O. The number of rotatable bonds is 4. The van der Waals surface area contributed by atoms with Crippen LogP contribution in [0.1, 0.15) is 55.2 Å². The van der Waals surface area contributed by atoms with Gasteiger partial charge >= 0.3 is 0 Å². The maximum absolute atomic E-state index is 13.1. The van der Waals surface area contributed by atoms with Crippen molar-refractivity contribution >= 4 is 5.78 Å². The van der Waals surface area contributed by atoms with E-state index in [9.17, 15) is 4.79 Å². The Bertz CT molecular complexity index is 951. The molecule has 0 saturated heterocycles. The van der Waals surface area contributed by atoms with Crippen molar-refractivity contribution in [2.75, 3.05) is 0 Å². The normalized spacial score (nSPS) is 23.6. The number of Topliss-reactive ketones (excluding diaryl/α,β-unsaturated/α-hetero) is 1. The second-order valence-corrected chi connectivity index (χ2v) is 7.92. The number of benzene rings is 2. The molecule has 2 heterocycles. The molecule has 1 atom stereocenters. The van der Waals surface area contributed by atoms with E-state index in [-0.39, 0.29) is 12.0 Å². The number of imidazole rings is 1. The van der Waals surface area contributed by atoms with E-state index in [0.29, 0.717) is 18.1 Å². The van der Waals surface area contributed by atoms with Crippen LogP contribution < -0.4 is 0 Å². The molecule has 1 aromatic heterocycles. The van der Waals surface area contributed by atoms with Gasteiger partial charge in [0.25, 0.3) is 0 Å². The van der Waals surface area contributed by atoms with Gasteiger partial charge in [0.05, 0.1) is 24.3 Å². The van der Waals surface area contributed by atoms with Crippen molar-refractivity contribution in [3.63, 3.8) is 0 Å². The molecule has 3 nitrogen and oxygen atoms in total. The highest BCUT2D eigenvalue weighted by Crippen LogP contribution is 2.42. The molecule has 0 spiro atoms. The monoisotopic (exact) mass is 356 g/mol. The summed E-state index contributed by atoms with van der Waals surface area (Å²) in [6.07, 6.45) is 8.65. The standard InChI is InChI=1S/C24H24N2O/c27-24(19-12-10-18(11-13-19)17-6-2-1-3-7-17)14-22-20-8-4-5-9-21(20)23-15-25-16-26(22)23/h1-9,15-16,18-19,22H,10-14H2/t18-,19+,22?. The Morgan fingerprint density at radius 2 is 1.70 bits per heavy atom. The molecular weight excluding hydrogens is 332 g/mol. The van der Waals surface area contributed by atoms with Crippen LogP contribution in [0.4, 0.5) is 0 Å². The Labute approximate surface area is 160 Å². The Balaban J connectivity index is 1.28. The van der Waals surface area contributed by atoms with Crippen molar-refractivity contribution in [3.8, 4) is 11.3 Å². The lowest BCUT2D eigenvalue weighted by atomic mass is 9.76. The Hall–Kier alpha value is -2.68. The summed E-state index contributed by atoms with van der Waals surface area (Å²) < 4.78 is 2.18. The molecule has 0 bridgehead atoms. The molecule has 3 aromatic rings. The van der Waals surface area contributed by atoms with E-state index in [2.05, 4.69) is 64.1 Å². The van der Waals surface area contributed by atoms with Crippen molar-refractivity contribution in [1.82, 2.24) is 9.55 Å². The maximum atomic E-state index is 13.1. The number of aromatic nitrogens is 2.